The highest BCUT2D eigenvalue weighted by molar-refractivity contribution is 7.12. The second kappa shape index (κ2) is 7.83. The van der Waals surface area contributed by atoms with Crippen molar-refractivity contribution in [3.05, 3.63) is 56.2 Å². The Kier molecular flexibility index (Phi) is 5.45. The van der Waals surface area contributed by atoms with Crippen LogP contribution in [0.25, 0.3) is 10.6 Å². The van der Waals surface area contributed by atoms with Crippen molar-refractivity contribution in [2.45, 2.75) is 18.8 Å². The predicted octanol–water partition coefficient (Wildman–Crippen LogP) is 5.73. The summed E-state index contributed by atoms with van der Waals surface area (Å²) in [4.78, 5) is 19.9. The molecule has 1 aliphatic heterocycles. The number of piperidine rings is 1. The Morgan fingerprint density at radius 3 is 2.93 bits per heavy atom. The fourth-order valence-electron chi connectivity index (χ4n) is 3.17. The number of amides is 1. The van der Waals surface area contributed by atoms with Gasteiger partial charge in [0.05, 0.1) is 20.6 Å². The van der Waals surface area contributed by atoms with E-state index in [2.05, 4.69) is 4.37 Å². The van der Waals surface area contributed by atoms with E-state index in [0.29, 0.717) is 23.7 Å². The maximum absolute atomic E-state index is 13.4. The number of hydrogen-bond donors (Lipinski definition) is 0. The van der Waals surface area contributed by atoms with Gasteiger partial charge in [0.25, 0.3) is 5.91 Å². The van der Waals surface area contributed by atoms with Crippen molar-refractivity contribution in [1.29, 1.82) is 0 Å². The maximum Gasteiger partial charge on any atom is 0.253 e. The van der Waals surface area contributed by atoms with Crippen LogP contribution in [0.15, 0.2) is 29.6 Å². The van der Waals surface area contributed by atoms with Gasteiger partial charge in [-0.1, -0.05) is 29.3 Å². The van der Waals surface area contributed by atoms with Crippen LogP contribution in [0, 0.1) is 5.82 Å². The Balaban J connectivity index is 1.52. The zero-order valence-corrected chi connectivity index (χ0v) is 17.1. The van der Waals surface area contributed by atoms with Crippen LogP contribution in [0.1, 0.15) is 34.1 Å². The van der Waals surface area contributed by atoms with Gasteiger partial charge < -0.3 is 4.90 Å². The average molecular weight is 442 g/mol. The van der Waals surface area contributed by atoms with Gasteiger partial charge in [0, 0.05) is 30.0 Å². The van der Waals surface area contributed by atoms with Crippen molar-refractivity contribution in [2.24, 2.45) is 0 Å². The van der Waals surface area contributed by atoms with Crippen LogP contribution in [0.2, 0.25) is 10.2 Å². The number of halogens is 3. The minimum atomic E-state index is -0.404. The fraction of sp³-hybridized carbons (Fsp3) is 0.278. The van der Waals surface area contributed by atoms with E-state index in [-0.39, 0.29) is 17.0 Å². The lowest BCUT2D eigenvalue weighted by atomic mass is 9.98. The molecule has 4 nitrogen and oxygen atoms in total. The summed E-state index contributed by atoms with van der Waals surface area (Å²) in [5.41, 5.74) is 1.14. The van der Waals surface area contributed by atoms with Gasteiger partial charge in [-0.15, -0.1) is 11.3 Å². The molecule has 9 heteroatoms. The van der Waals surface area contributed by atoms with Crippen LogP contribution in [-0.4, -0.2) is 33.3 Å². The van der Waals surface area contributed by atoms with Gasteiger partial charge in [-0.3, -0.25) is 4.79 Å². The molecule has 1 fully saturated rings. The topological polar surface area (TPSA) is 46.1 Å². The monoisotopic (exact) mass is 441 g/mol. The van der Waals surface area contributed by atoms with Crippen molar-refractivity contribution < 1.29 is 9.18 Å². The zero-order valence-electron chi connectivity index (χ0n) is 14.0. The van der Waals surface area contributed by atoms with E-state index >= 15 is 0 Å². The Morgan fingerprint density at radius 2 is 2.19 bits per heavy atom. The van der Waals surface area contributed by atoms with E-state index in [1.165, 1.54) is 23.7 Å². The molecule has 27 heavy (non-hydrogen) atoms. The summed E-state index contributed by atoms with van der Waals surface area (Å²) in [7, 11) is 0. The molecular formula is C18H14Cl2FN3OS2. The first-order valence-electron chi connectivity index (χ1n) is 8.34. The molecule has 0 saturated carbocycles. The highest BCUT2D eigenvalue weighted by Gasteiger charge is 2.28. The van der Waals surface area contributed by atoms with E-state index in [1.54, 1.807) is 28.4 Å². The molecule has 1 aliphatic rings. The number of benzene rings is 1. The first-order valence-corrected chi connectivity index (χ1v) is 10.7. The van der Waals surface area contributed by atoms with Crippen LogP contribution in [-0.2, 0) is 0 Å². The Hall–Kier alpha value is -1.54. The number of carbonyl (C=O) groups is 1. The smallest absolute Gasteiger partial charge is 0.253 e. The highest BCUT2D eigenvalue weighted by atomic mass is 35.5. The number of rotatable bonds is 3. The number of aromatic nitrogens is 2. The van der Waals surface area contributed by atoms with Crippen LogP contribution in [0.5, 0.6) is 0 Å². The second-order valence-corrected chi connectivity index (χ2v) is 8.69. The van der Waals surface area contributed by atoms with E-state index < -0.39 is 5.82 Å². The molecule has 0 bridgehead atoms. The van der Waals surface area contributed by atoms with Crippen LogP contribution in [0.3, 0.4) is 0 Å². The standard InChI is InChI=1S/C18H14Cl2FN3OS2/c19-14-15(27-23-16(14)20)13-9-26-17(22-13)11-4-2-6-24(8-11)18(25)10-3-1-5-12(21)7-10/h1,3,5,7,9,11H,2,4,6,8H2. The lowest BCUT2D eigenvalue weighted by Crippen LogP contribution is -2.39. The lowest BCUT2D eigenvalue weighted by Gasteiger charge is -2.32. The molecule has 4 rings (SSSR count). The van der Waals surface area contributed by atoms with Crippen molar-refractivity contribution >= 4 is 52.0 Å². The second-order valence-electron chi connectivity index (χ2n) is 6.29. The number of nitrogens with zero attached hydrogens (tertiary/aromatic N) is 3. The zero-order chi connectivity index (χ0) is 19.0. The molecule has 3 heterocycles. The van der Waals surface area contributed by atoms with Gasteiger partial charge in [-0.05, 0) is 42.6 Å². The quantitative estimate of drug-likeness (QED) is 0.520. The van der Waals surface area contributed by atoms with Gasteiger partial charge >= 0.3 is 0 Å². The summed E-state index contributed by atoms with van der Waals surface area (Å²) in [6.07, 6.45) is 1.84. The molecule has 1 aromatic carbocycles. The van der Waals surface area contributed by atoms with Gasteiger partial charge in [0.2, 0.25) is 0 Å². The lowest BCUT2D eigenvalue weighted by molar-refractivity contribution is 0.0706. The SMILES string of the molecule is O=C(c1cccc(F)c1)N1CCCC(c2nc(-c3snc(Cl)c3Cl)cs2)C1. The van der Waals surface area contributed by atoms with Crippen molar-refractivity contribution in [3.63, 3.8) is 0 Å². The average Bonchev–Trinajstić information content (AvgIpc) is 3.29. The molecule has 0 spiro atoms. The number of carbonyl (C=O) groups excluding carboxylic acids is 1. The summed E-state index contributed by atoms with van der Waals surface area (Å²) in [6, 6.07) is 5.82. The number of hydrogen-bond acceptors (Lipinski definition) is 5. The van der Waals surface area contributed by atoms with Crippen LogP contribution in [0.4, 0.5) is 4.39 Å². The largest absolute Gasteiger partial charge is 0.338 e. The molecule has 140 valence electrons. The molecule has 1 amide bonds. The molecule has 0 radical (unpaired) electrons. The first-order chi connectivity index (χ1) is 13.0. The molecule has 0 N–H and O–H groups in total. The van der Waals surface area contributed by atoms with E-state index in [1.807, 2.05) is 5.38 Å². The van der Waals surface area contributed by atoms with Crippen molar-refractivity contribution in [1.82, 2.24) is 14.3 Å². The van der Waals surface area contributed by atoms with Gasteiger partial charge in [0.15, 0.2) is 5.15 Å². The third-order valence-corrected chi connectivity index (χ3v) is 7.31. The van der Waals surface area contributed by atoms with Crippen LogP contribution >= 0.6 is 46.1 Å². The third-order valence-electron chi connectivity index (χ3n) is 4.48. The normalized spacial score (nSPS) is 17.3. The maximum atomic E-state index is 13.4. The molecule has 1 unspecified atom stereocenters. The van der Waals surface area contributed by atoms with Crippen molar-refractivity contribution in [3.8, 4) is 10.6 Å². The Morgan fingerprint density at radius 1 is 1.33 bits per heavy atom. The third kappa shape index (κ3) is 3.87. The summed E-state index contributed by atoms with van der Waals surface area (Å²) in [5.74, 6) is -0.399. The van der Waals surface area contributed by atoms with Gasteiger partial charge in [0.1, 0.15) is 5.82 Å². The highest BCUT2D eigenvalue weighted by Crippen LogP contribution is 2.39. The molecular weight excluding hydrogens is 428 g/mol. The molecule has 3 aromatic rings. The Labute approximate surface area is 173 Å². The summed E-state index contributed by atoms with van der Waals surface area (Å²) >= 11 is 14.9. The summed E-state index contributed by atoms with van der Waals surface area (Å²) in [6.45, 7) is 1.24. The Bertz CT molecular complexity index is 991. The minimum Gasteiger partial charge on any atom is -0.338 e. The summed E-state index contributed by atoms with van der Waals surface area (Å²) in [5, 5.41) is 3.61. The molecule has 2 aromatic heterocycles. The minimum absolute atomic E-state index is 0.145. The van der Waals surface area contributed by atoms with E-state index in [0.717, 1.165) is 28.4 Å². The number of thiazole rings is 1. The van der Waals surface area contributed by atoms with Crippen LogP contribution < -0.4 is 0 Å². The van der Waals surface area contributed by atoms with Gasteiger partial charge in [-0.2, -0.15) is 4.37 Å². The first kappa shape index (κ1) is 18.8. The van der Waals surface area contributed by atoms with E-state index in [4.69, 9.17) is 28.2 Å². The molecule has 0 aliphatic carbocycles. The molecule has 1 atom stereocenters. The van der Waals surface area contributed by atoms with Crippen molar-refractivity contribution in [2.75, 3.05) is 13.1 Å². The summed E-state index contributed by atoms with van der Waals surface area (Å²) < 4.78 is 17.5. The molecule has 1 saturated heterocycles. The number of likely N-dealkylation sites (tertiary alicyclic amines) is 1. The van der Waals surface area contributed by atoms with Gasteiger partial charge in [-0.25, -0.2) is 9.37 Å². The van der Waals surface area contributed by atoms with E-state index in [9.17, 15) is 9.18 Å². The fourth-order valence-corrected chi connectivity index (χ4v) is 5.36. The predicted molar refractivity (Wildman–Crippen MR) is 108 cm³/mol.